The fourth-order valence-corrected chi connectivity index (χ4v) is 2.40. The molecule has 1 saturated carbocycles. The molecule has 0 spiro atoms. The van der Waals surface area contributed by atoms with E-state index in [2.05, 4.69) is 24.0 Å². The maximum absolute atomic E-state index is 6.36. The Kier molecular flexibility index (Phi) is 2.54. The number of aromatic nitrogens is 2. The molecule has 0 saturated heterocycles. The Hall–Kier alpha value is -1.68. The van der Waals surface area contributed by atoms with Crippen molar-refractivity contribution < 1.29 is 4.52 Å². The first-order valence-electron chi connectivity index (χ1n) is 6.60. The van der Waals surface area contributed by atoms with Crippen LogP contribution in [0.2, 0.25) is 0 Å². The highest BCUT2D eigenvalue weighted by molar-refractivity contribution is 5.29. The Bertz CT molecular complexity index is 586. The fraction of sp³-hybridized carbons (Fsp3) is 0.467. The van der Waals surface area contributed by atoms with Crippen LogP contribution >= 0.6 is 0 Å². The molecule has 3 rings (SSSR count). The van der Waals surface area contributed by atoms with E-state index in [1.165, 1.54) is 0 Å². The minimum atomic E-state index is -0.745. The van der Waals surface area contributed by atoms with Gasteiger partial charge >= 0.3 is 0 Å². The predicted molar refractivity (Wildman–Crippen MR) is 72.5 cm³/mol. The average molecular weight is 257 g/mol. The van der Waals surface area contributed by atoms with Crippen molar-refractivity contribution in [2.45, 2.75) is 38.6 Å². The van der Waals surface area contributed by atoms with Crippen molar-refractivity contribution in [2.75, 3.05) is 0 Å². The van der Waals surface area contributed by atoms with Crippen molar-refractivity contribution in [3.05, 3.63) is 47.6 Å². The van der Waals surface area contributed by atoms with Crippen LogP contribution in [-0.2, 0) is 5.54 Å². The zero-order valence-corrected chi connectivity index (χ0v) is 11.6. The zero-order valence-electron chi connectivity index (χ0n) is 11.6. The molecular formula is C15H19N3O. The van der Waals surface area contributed by atoms with Crippen LogP contribution in [0.5, 0.6) is 0 Å². The number of hydrogen-bond donors (Lipinski definition) is 1. The number of nitrogens with zero attached hydrogens (tertiary/aromatic N) is 2. The number of nitrogens with two attached hydrogens (primary N) is 1. The molecule has 0 amide bonds. The Balaban J connectivity index is 1.90. The van der Waals surface area contributed by atoms with Gasteiger partial charge in [-0.3, -0.25) is 0 Å². The molecule has 1 aromatic carbocycles. The quantitative estimate of drug-likeness (QED) is 0.918. The van der Waals surface area contributed by atoms with Gasteiger partial charge in [-0.25, -0.2) is 0 Å². The lowest BCUT2D eigenvalue weighted by molar-refractivity contribution is 0.322. The normalized spacial score (nSPS) is 23.9. The summed E-state index contributed by atoms with van der Waals surface area (Å²) in [5, 5.41) is 4.10. The molecule has 1 aromatic heterocycles. The van der Waals surface area contributed by atoms with Crippen molar-refractivity contribution in [2.24, 2.45) is 11.1 Å². The average Bonchev–Trinajstić information content (AvgIpc) is 2.81. The van der Waals surface area contributed by atoms with E-state index in [-0.39, 0.29) is 0 Å². The second kappa shape index (κ2) is 3.90. The van der Waals surface area contributed by atoms with Gasteiger partial charge in [-0.1, -0.05) is 49.3 Å². The topological polar surface area (TPSA) is 64.9 Å². The first-order chi connectivity index (χ1) is 8.91. The number of benzene rings is 1. The van der Waals surface area contributed by atoms with E-state index >= 15 is 0 Å². The van der Waals surface area contributed by atoms with Crippen molar-refractivity contribution >= 4 is 0 Å². The number of hydrogen-bond acceptors (Lipinski definition) is 4. The molecule has 0 bridgehead atoms. The molecule has 0 aliphatic heterocycles. The molecule has 2 unspecified atom stereocenters. The molecule has 2 atom stereocenters. The summed E-state index contributed by atoms with van der Waals surface area (Å²) in [7, 11) is 0. The van der Waals surface area contributed by atoms with Crippen LogP contribution in [0.25, 0.3) is 0 Å². The first-order valence-corrected chi connectivity index (χ1v) is 6.60. The molecule has 2 aromatic rings. The lowest BCUT2D eigenvalue weighted by atomic mass is 9.93. The van der Waals surface area contributed by atoms with E-state index in [4.69, 9.17) is 10.3 Å². The third-order valence-electron chi connectivity index (χ3n) is 4.08. The van der Waals surface area contributed by atoms with Crippen molar-refractivity contribution in [1.29, 1.82) is 0 Å². The molecule has 1 heterocycles. The van der Waals surface area contributed by atoms with E-state index in [1.807, 2.05) is 37.3 Å². The van der Waals surface area contributed by atoms with Crippen LogP contribution in [0, 0.1) is 5.41 Å². The monoisotopic (exact) mass is 257 g/mol. The van der Waals surface area contributed by atoms with Gasteiger partial charge in [0.05, 0.1) is 0 Å². The van der Waals surface area contributed by atoms with Gasteiger partial charge < -0.3 is 10.3 Å². The van der Waals surface area contributed by atoms with E-state index in [0.717, 1.165) is 17.8 Å². The van der Waals surface area contributed by atoms with E-state index in [0.29, 0.717) is 17.2 Å². The molecule has 0 radical (unpaired) electrons. The molecular weight excluding hydrogens is 238 g/mol. The first kappa shape index (κ1) is 12.4. The minimum absolute atomic E-state index is 0.291. The summed E-state index contributed by atoms with van der Waals surface area (Å²) in [6, 6.07) is 9.84. The standard InChI is InChI=1S/C15H19N3O/c1-14(2)9-11(14)12-17-13(19-18-12)15(3,16)10-7-5-4-6-8-10/h4-8,11H,9,16H2,1-3H3. The third kappa shape index (κ3) is 2.06. The maximum atomic E-state index is 6.36. The van der Waals surface area contributed by atoms with Crippen LogP contribution in [0.3, 0.4) is 0 Å². The molecule has 100 valence electrons. The van der Waals surface area contributed by atoms with Gasteiger partial charge in [0.2, 0.25) is 0 Å². The second-order valence-corrected chi connectivity index (χ2v) is 6.27. The highest BCUT2D eigenvalue weighted by atomic mass is 16.5. The van der Waals surface area contributed by atoms with Gasteiger partial charge in [0, 0.05) is 5.92 Å². The predicted octanol–water partition coefficient (Wildman–Crippen LogP) is 2.81. The van der Waals surface area contributed by atoms with Crippen molar-refractivity contribution in [3.8, 4) is 0 Å². The summed E-state index contributed by atoms with van der Waals surface area (Å²) in [5.41, 5.74) is 6.88. The van der Waals surface area contributed by atoms with Crippen LogP contribution < -0.4 is 5.73 Å². The largest absolute Gasteiger partial charge is 0.337 e. The molecule has 4 heteroatoms. The summed E-state index contributed by atoms with van der Waals surface area (Å²) < 4.78 is 5.39. The van der Waals surface area contributed by atoms with Crippen LogP contribution in [-0.4, -0.2) is 10.1 Å². The van der Waals surface area contributed by atoms with Gasteiger partial charge in [0.1, 0.15) is 5.54 Å². The van der Waals surface area contributed by atoms with E-state index in [1.54, 1.807) is 0 Å². The molecule has 2 N–H and O–H groups in total. The Morgan fingerprint density at radius 3 is 2.53 bits per heavy atom. The van der Waals surface area contributed by atoms with Crippen LogP contribution in [0.1, 0.15) is 50.4 Å². The Morgan fingerprint density at radius 2 is 1.95 bits per heavy atom. The molecule has 1 aliphatic rings. The van der Waals surface area contributed by atoms with Gasteiger partial charge in [-0.2, -0.15) is 4.98 Å². The Morgan fingerprint density at radius 1 is 1.32 bits per heavy atom. The zero-order chi connectivity index (χ0) is 13.7. The summed E-state index contributed by atoms with van der Waals surface area (Å²) in [6.07, 6.45) is 1.11. The van der Waals surface area contributed by atoms with Gasteiger partial charge in [0.15, 0.2) is 5.82 Å². The molecule has 1 fully saturated rings. The van der Waals surface area contributed by atoms with Crippen molar-refractivity contribution in [1.82, 2.24) is 10.1 Å². The van der Waals surface area contributed by atoms with E-state index in [9.17, 15) is 0 Å². The van der Waals surface area contributed by atoms with E-state index < -0.39 is 5.54 Å². The summed E-state index contributed by atoms with van der Waals surface area (Å²) in [4.78, 5) is 4.51. The van der Waals surface area contributed by atoms with Gasteiger partial charge in [0.25, 0.3) is 5.89 Å². The van der Waals surface area contributed by atoms with Crippen molar-refractivity contribution in [3.63, 3.8) is 0 Å². The Labute approximate surface area is 113 Å². The van der Waals surface area contributed by atoms with Crippen LogP contribution in [0.4, 0.5) is 0 Å². The highest BCUT2D eigenvalue weighted by Gasteiger charge is 2.50. The second-order valence-electron chi connectivity index (χ2n) is 6.27. The third-order valence-corrected chi connectivity index (χ3v) is 4.08. The fourth-order valence-electron chi connectivity index (χ4n) is 2.40. The maximum Gasteiger partial charge on any atom is 0.251 e. The summed E-state index contributed by atoms with van der Waals surface area (Å²) in [5.74, 6) is 1.67. The lowest BCUT2D eigenvalue weighted by Gasteiger charge is -2.20. The SMILES string of the molecule is CC(N)(c1ccccc1)c1nc(C2CC2(C)C)no1. The molecule has 4 nitrogen and oxygen atoms in total. The van der Waals surface area contributed by atoms with Crippen LogP contribution in [0.15, 0.2) is 34.9 Å². The van der Waals surface area contributed by atoms with Gasteiger partial charge in [-0.15, -0.1) is 0 Å². The smallest absolute Gasteiger partial charge is 0.251 e. The highest BCUT2D eigenvalue weighted by Crippen LogP contribution is 2.57. The van der Waals surface area contributed by atoms with Gasteiger partial charge in [-0.05, 0) is 24.3 Å². The lowest BCUT2D eigenvalue weighted by Crippen LogP contribution is -2.34. The minimum Gasteiger partial charge on any atom is -0.337 e. The molecule has 19 heavy (non-hydrogen) atoms. The summed E-state index contributed by atoms with van der Waals surface area (Å²) >= 11 is 0. The molecule has 1 aliphatic carbocycles. The summed E-state index contributed by atoms with van der Waals surface area (Å²) in [6.45, 7) is 6.33. The number of rotatable bonds is 3.